The molecule has 1 fully saturated rings. The molecule has 0 atom stereocenters. The molecule has 1 aliphatic carbocycles. The second-order valence-electron chi connectivity index (χ2n) is 6.26. The predicted molar refractivity (Wildman–Crippen MR) is 94.0 cm³/mol. The SMILES string of the molecule is CN(/N=C/c1ccc(-c2nnc(C(F)F)o2)cn1)C(=O)c1nncnc1C1CC1. The van der Waals surface area contributed by atoms with Crippen molar-refractivity contribution in [3.05, 3.63) is 47.6 Å². The number of alkyl halides is 2. The fourth-order valence-electron chi connectivity index (χ4n) is 2.49. The molecule has 148 valence electrons. The topological polar surface area (TPSA) is 123 Å². The molecule has 3 heterocycles. The molecular weight excluding hydrogens is 386 g/mol. The lowest BCUT2D eigenvalue weighted by molar-refractivity contribution is 0.0791. The highest BCUT2D eigenvalue weighted by Gasteiger charge is 2.31. The van der Waals surface area contributed by atoms with Crippen LogP contribution in [0.5, 0.6) is 0 Å². The van der Waals surface area contributed by atoms with Crippen LogP contribution >= 0.6 is 0 Å². The van der Waals surface area contributed by atoms with E-state index in [1.807, 2.05) is 0 Å². The summed E-state index contributed by atoms with van der Waals surface area (Å²) in [6, 6.07) is 3.14. The van der Waals surface area contributed by atoms with E-state index in [9.17, 15) is 13.6 Å². The van der Waals surface area contributed by atoms with E-state index in [-0.39, 0.29) is 17.5 Å². The standard InChI is InChI=1S/C17H14F2N8O2/c1-27(17(28)13-12(9-2-3-9)21-8-22-24-13)23-7-11-5-4-10(6-20-11)15-25-26-16(29-15)14(18)19/h4-9,14H,2-3H2,1H3/b23-7+. The maximum Gasteiger partial charge on any atom is 0.314 e. The number of amides is 1. The summed E-state index contributed by atoms with van der Waals surface area (Å²) in [4.78, 5) is 20.9. The maximum absolute atomic E-state index is 12.6. The van der Waals surface area contributed by atoms with E-state index < -0.39 is 18.2 Å². The van der Waals surface area contributed by atoms with Crippen LogP contribution in [0.2, 0.25) is 0 Å². The monoisotopic (exact) mass is 400 g/mol. The van der Waals surface area contributed by atoms with Crippen molar-refractivity contribution in [2.24, 2.45) is 5.10 Å². The van der Waals surface area contributed by atoms with Crippen LogP contribution in [0.15, 0.2) is 34.2 Å². The van der Waals surface area contributed by atoms with E-state index in [0.717, 1.165) is 17.9 Å². The van der Waals surface area contributed by atoms with Crippen molar-refractivity contribution in [3.63, 3.8) is 0 Å². The van der Waals surface area contributed by atoms with Crippen LogP contribution in [0.1, 0.15) is 53.0 Å². The first-order valence-electron chi connectivity index (χ1n) is 8.60. The Balaban J connectivity index is 1.45. The molecule has 1 saturated carbocycles. The van der Waals surface area contributed by atoms with Gasteiger partial charge in [-0.05, 0) is 25.0 Å². The molecule has 1 amide bonds. The van der Waals surface area contributed by atoms with Crippen LogP contribution in [0.3, 0.4) is 0 Å². The fourth-order valence-corrected chi connectivity index (χ4v) is 2.49. The summed E-state index contributed by atoms with van der Waals surface area (Å²) < 4.78 is 29.9. The van der Waals surface area contributed by atoms with Gasteiger partial charge in [-0.25, -0.2) is 9.99 Å². The van der Waals surface area contributed by atoms with Crippen LogP contribution in [-0.4, -0.2) is 54.5 Å². The molecule has 0 saturated heterocycles. The van der Waals surface area contributed by atoms with E-state index >= 15 is 0 Å². The fraction of sp³-hybridized carbons (Fsp3) is 0.294. The first kappa shape index (κ1) is 18.7. The summed E-state index contributed by atoms with van der Waals surface area (Å²) in [5.74, 6) is -1.00. The number of carbonyl (C=O) groups is 1. The molecular formula is C17H14F2N8O2. The van der Waals surface area contributed by atoms with Crippen LogP contribution in [0, 0.1) is 0 Å². The van der Waals surface area contributed by atoms with E-state index in [0.29, 0.717) is 17.0 Å². The smallest absolute Gasteiger partial charge is 0.314 e. The molecule has 3 aromatic heterocycles. The molecule has 29 heavy (non-hydrogen) atoms. The van der Waals surface area contributed by atoms with Crippen LogP contribution in [0.25, 0.3) is 11.5 Å². The quantitative estimate of drug-likeness (QED) is 0.456. The van der Waals surface area contributed by atoms with Gasteiger partial charge in [-0.2, -0.15) is 13.9 Å². The van der Waals surface area contributed by atoms with Crippen molar-refractivity contribution in [1.82, 2.24) is 35.4 Å². The number of hydrogen-bond donors (Lipinski definition) is 0. The summed E-state index contributed by atoms with van der Waals surface area (Å²) in [5.41, 5.74) is 1.63. The lowest BCUT2D eigenvalue weighted by Crippen LogP contribution is -2.24. The number of hydrogen-bond acceptors (Lipinski definition) is 9. The molecule has 0 unspecified atom stereocenters. The zero-order chi connectivity index (χ0) is 20.4. The number of aromatic nitrogens is 6. The Morgan fingerprint density at radius 2 is 2.10 bits per heavy atom. The molecule has 4 rings (SSSR count). The van der Waals surface area contributed by atoms with Crippen molar-refractivity contribution in [1.29, 1.82) is 0 Å². The molecule has 1 aliphatic rings. The van der Waals surface area contributed by atoms with Gasteiger partial charge < -0.3 is 4.42 Å². The molecule has 10 nitrogen and oxygen atoms in total. The lowest BCUT2D eigenvalue weighted by Gasteiger charge is -2.11. The lowest BCUT2D eigenvalue weighted by atomic mass is 10.2. The second-order valence-corrected chi connectivity index (χ2v) is 6.26. The van der Waals surface area contributed by atoms with E-state index in [2.05, 4.69) is 35.5 Å². The van der Waals surface area contributed by atoms with E-state index in [4.69, 9.17) is 4.42 Å². The van der Waals surface area contributed by atoms with Gasteiger partial charge in [0.1, 0.15) is 6.33 Å². The van der Waals surface area contributed by atoms with Crippen molar-refractivity contribution in [2.75, 3.05) is 7.05 Å². The summed E-state index contributed by atoms with van der Waals surface area (Å²) >= 11 is 0. The third kappa shape index (κ3) is 4.10. The van der Waals surface area contributed by atoms with Gasteiger partial charge >= 0.3 is 6.43 Å². The van der Waals surface area contributed by atoms with Gasteiger partial charge in [0.15, 0.2) is 5.69 Å². The molecule has 12 heteroatoms. The normalized spacial score (nSPS) is 13.9. The van der Waals surface area contributed by atoms with Crippen LogP contribution in [-0.2, 0) is 0 Å². The van der Waals surface area contributed by atoms with Crippen molar-refractivity contribution in [3.8, 4) is 11.5 Å². The Morgan fingerprint density at radius 1 is 1.28 bits per heavy atom. The molecule has 3 aromatic rings. The summed E-state index contributed by atoms with van der Waals surface area (Å²) in [5, 5.41) is 19.6. The Labute approximate surface area is 162 Å². The number of halogens is 2. The highest BCUT2D eigenvalue weighted by atomic mass is 19.3. The average Bonchev–Trinajstić information content (AvgIpc) is 3.47. The predicted octanol–water partition coefficient (Wildman–Crippen LogP) is 2.24. The van der Waals surface area contributed by atoms with Gasteiger partial charge in [0, 0.05) is 19.2 Å². The Bertz CT molecular complexity index is 1050. The van der Waals surface area contributed by atoms with Crippen LogP contribution in [0.4, 0.5) is 8.78 Å². The Morgan fingerprint density at radius 3 is 2.76 bits per heavy atom. The van der Waals surface area contributed by atoms with Crippen molar-refractivity contribution >= 4 is 12.1 Å². The highest BCUT2D eigenvalue weighted by Crippen LogP contribution is 2.39. The largest absolute Gasteiger partial charge is 0.415 e. The number of carbonyl (C=O) groups excluding carboxylic acids is 1. The van der Waals surface area contributed by atoms with Crippen molar-refractivity contribution < 1.29 is 18.0 Å². The number of hydrazone groups is 1. The molecule has 0 aliphatic heterocycles. The Hall–Kier alpha value is -3.70. The van der Waals surface area contributed by atoms with E-state index in [1.165, 1.54) is 25.8 Å². The van der Waals surface area contributed by atoms with Gasteiger partial charge in [0.05, 0.1) is 23.2 Å². The average molecular weight is 400 g/mol. The first-order valence-corrected chi connectivity index (χ1v) is 8.60. The third-order valence-corrected chi connectivity index (χ3v) is 4.13. The maximum atomic E-state index is 12.6. The minimum Gasteiger partial charge on any atom is -0.415 e. The second kappa shape index (κ2) is 7.73. The van der Waals surface area contributed by atoms with Gasteiger partial charge in [0.2, 0.25) is 5.89 Å². The Kier molecular flexibility index (Phi) is 4.97. The molecule has 0 radical (unpaired) electrons. The first-order chi connectivity index (χ1) is 14.0. The van der Waals surface area contributed by atoms with Gasteiger partial charge in [0.25, 0.3) is 11.8 Å². The summed E-state index contributed by atoms with van der Waals surface area (Å²) in [7, 11) is 1.49. The molecule has 0 aromatic carbocycles. The summed E-state index contributed by atoms with van der Waals surface area (Å²) in [6.07, 6.45) is 3.19. The molecule has 0 spiro atoms. The molecule has 0 N–H and O–H groups in total. The van der Waals surface area contributed by atoms with E-state index in [1.54, 1.807) is 12.1 Å². The van der Waals surface area contributed by atoms with Gasteiger partial charge in [-0.1, -0.05) is 0 Å². The minimum absolute atomic E-state index is 0.0636. The zero-order valence-electron chi connectivity index (χ0n) is 15.1. The zero-order valence-corrected chi connectivity index (χ0v) is 15.1. The summed E-state index contributed by atoms with van der Waals surface area (Å²) in [6.45, 7) is 0. The number of pyridine rings is 1. The molecule has 0 bridgehead atoms. The number of rotatable bonds is 6. The van der Waals surface area contributed by atoms with Gasteiger partial charge in [-0.15, -0.1) is 20.4 Å². The highest BCUT2D eigenvalue weighted by molar-refractivity contribution is 5.94. The third-order valence-electron chi connectivity index (χ3n) is 4.13. The number of nitrogens with zero attached hydrogens (tertiary/aromatic N) is 8. The van der Waals surface area contributed by atoms with Crippen molar-refractivity contribution in [2.45, 2.75) is 25.2 Å². The minimum atomic E-state index is -2.84. The van der Waals surface area contributed by atoms with Crippen LogP contribution < -0.4 is 0 Å². The van der Waals surface area contributed by atoms with Gasteiger partial charge in [-0.3, -0.25) is 9.78 Å².